The van der Waals surface area contributed by atoms with Gasteiger partial charge in [0.1, 0.15) is 0 Å². The highest BCUT2D eigenvalue weighted by atomic mass is 16.2. The summed E-state index contributed by atoms with van der Waals surface area (Å²) in [7, 11) is 1.86. The van der Waals surface area contributed by atoms with Crippen LogP contribution in [-0.4, -0.2) is 41.2 Å². The minimum Gasteiger partial charge on any atom is -0.347 e. The molecule has 2 aromatic rings. The molecular formula is C17H21N5O2. The van der Waals surface area contributed by atoms with Crippen LogP contribution in [0.2, 0.25) is 0 Å². The van der Waals surface area contributed by atoms with Crippen molar-refractivity contribution in [2.24, 2.45) is 13.0 Å². The fourth-order valence-corrected chi connectivity index (χ4v) is 2.96. The molecule has 2 amide bonds. The predicted octanol–water partition coefficient (Wildman–Crippen LogP) is 0.478. The lowest BCUT2D eigenvalue weighted by molar-refractivity contribution is -0.127. The van der Waals surface area contributed by atoms with E-state index < -0.39 is 0 Å². The summed E-state index contributed by atoms with van der Waals surface area (Å²) in [4.78, 5) is 24.4. The summed E-state index contributed by atoms with van der Waals surface area (Å²) >= 11 is 0. The third-order valence-electron chi connectivity index (χ3n) is 4.18. The van der Waals surface area contributed by atoms with Crippen molar-refractivity contribution in [1.82, 2.24) is 20.4 Å². The third kappa shape index (κ3) is 3.80. The first-order valence-corrected chi connectivity index (χ1v) is 7.95. The van der Waals surface area contributed by atoms with Crippen LogP contribution in [0.15, 0.2) is 42.7 Å². The lowest BCUT2D eigenvalue weighted by atomic mass is 9.90. The highest BCUT2D eigenvalue weighted by Crippen LogP contribution is 2.27. The SMILES string of the molecule is Cn1cc([C@H]2CNC[C@@H]2C(=O)NCC(=O)Nc2ccccc2)cn1. The zero-order chi connectivity index (χ0) is 16.9. The molecule has 1 aromatic heterocycles. The van der Waals surface area contributed by atoms with Crippen molar-refractivity contribution >= 4 is 17.5 Å². The number of benzene rings is 1. The van der Waals surface area contributed by atoms with Gasteiger partial charge in [-0.15, -0.1) is 0 Å². The third-order valence-corrected chi connectivity index (χ3v) is 4.18. The Kier molecular flexibility index (Phi) is 4.90. The second-order valence-electron chi connectivity index (χ2n) is 5.95. The van der Waals surface area contributed by atoms with Gasteiger partial charge in [0.05, 0.1) is 18.7 Å². The van der Waals surface area contributed by atoms with E-state index in [0.717, 1.165) is 12.1 Å². The zero-order valence-electron chi connectivity index (χ0n) is 13.5. The quantitative estimate of drug-likeness (QED) is 0.745. The van der Waals surface area contributed by atoms with Gasteiger partial charge < -0.3 is 16.0 Å². The van der Waals surface area contributed by atoms with E-state index in [4.69, 9.17) is 0 Å². The molecule has 126 valence electrons. The summed E-state index contributed by atoms with van der Waals surface area (Å²) in [5, 5.41) is 12.9. The Morgan fingerprint density at radius 2 is 2.08 bits per heavy atom. The lowest BCUT2D eigenvalue weighted by Crippen LogP contribution is -2.39. The van der Waals surface area contributed by atoms with Crippen molar-refractivity contribution in [2.75, 3.05) is 25.0 Å². The number of nitrogens with zero attached hydrogens (tertiary/aromatic N) is 2. The van der Waals surface area contributed by atoms with E-state index in [1.807, 2.05) is 31.4 Å². The first kappa shape index (κ1) is 16.2. The summed E-state index contributed by atoms with van der Waals surface area (Å²) in [6.07, 6.45) is 3.72. The Hall–Kier alpha value is -2.67. The van der Waals surface area contributed by atoms with Gasteiger partial charge >= 0.3 is 0 Å². The van der Waals surface area contributed by atoms with E-state index in [1.165, 1.54) is 0 Å². The van der Waals surface area contributed by atoms with Gasteiger partial charge in [-0.1, -0.05) is 18.2 Å². The predicted molar refractivity (Wildman–Crippen MR) is 90.4 cm³/mol. The normalized spacial score (nSPS) is 19.9. The molecular weight excluding hydrogens is 306 g/mol. The molecule has 0 bridgehead atoms. The van der Waals surface area contributed by atoms with Crippen LogP contribution in [0, 0.1) is 5.92 Å². The highest BCUT2D eigenvalue weighted by Gasteiger charge is 2.34. The summed E-state index contributed by atoms with van der Waals surface area (Å²) < 4.78 is 1.73. The number of amides is 2. The number of rotatable bonds is 5. The standard InChI is InChI=1S/C17H21N5O2/c1-22-11-12(7-20-22)14-8-18-9-15(14)17(24)19-10-16(23)21-13-5-3-2-4-6-13/h2-7,11,14-15,18H,8-10H2,1H3,(H,19,24)(H,21,23)/t14-,15+/m1/s1. The number of hydrogen-bond acceptors (Lipinski definition) is 4. The van der Waals surface area contributed by atoms with Crippen LogP contribution in [-0.2, 0) is 16.6 Å². The Morgan fingerprint density at radius 3 is 2.79 bits per heavy atom. The molecule has 3 rings (SSSR count). The molecule has 1 aliphatic rings. The molecule has 7 nitrogen and oxygen atoms in total. The fourth-order valence-electron chi connectivity index (χ4n) is 2.96. The minimum atomic E-state index is -0.238. The molecule has 7 heteroatoms. The molecule has 0 radical (unpaired) electrons. The van der Waals surface area contributed by atoms with Gasteiger partial charge in [0.25, 0.3) is 0 Å². The molecule has 24 heavy (non-hydrogen) atoms. The number of para-hydroxylation sites is 1. The van der Waals surface area contributed by atoms with Crippen molar-refractivity contribution in [3.63, 3.8) is 0 Å². The van der Waals surface area contributed by atoms with Crippen LogP contribution in [0.3, 0.4) is 0 Å². The fraction of sp³-hybridized carbons (Fsp3) is 0.353. The van der Waals surface area contributed by atoms with Crippen molar-refractivity contribution < 1.29 is 9.59 Å². The molecule has 3 N–H and O–H groups in total. The summed E-state index contributed by atoms with van der Waals surface area (Å²) in [6, 6.07) is 9.18. The van der Waals surface area contributed by atoms with Crippen molar-refractivity contribution in [3.05, 3.63) is 48.3 Å². The Morgan fingerprint density at radius 1 is 1.29 bits per heavy atom. The van der Waals surface area contributed by atoms with Gasteiger partial charge in [-0.25, -0.2) is 0 Å². The Balaban J connectivity index is 1.53. The summed E-state index contributed by atoms with van der Waals surface area (Å²) in [5.41, 5.74) is 1.75. The largest absolute Gasteiger partial charge is 0.347 e. The number of aryl methyl sites for hydroxylation is 1. The van der Waals surface area contributed by atoms with Gasteiger partial charge in [0.15, 0.2) is 0 Å². The first-order valence-electron chi connectivity index (χ1n) is 7.95. The van der Waals surface area contributed by atoms with Crippen LogP contribution in [0.5, 0.6) is 0 Å². The maximum absolute atomic E-state index is 12.4. The van der Waals surface area contributed by atoms with Crippen LogP contribution in [0.25, 0.3) is 0 Å². The van der Waals surface area contributed by atoms with Crippen molar-refractivity contribution in [1.29, 1.82) is 0 Å². The molecule has 1 aliphatic heterocycles. The van der Waals surface area contributed by atoms with Crippen LogP contribution in [0.1, 0.15) is 11.5 Å². The van der Waals surface area contributed by atoms with Crippen LogP contribution >= 0.6 is 0 Å². The highest BCUT2D eigenvalue weighted by molar-refractivity contribution is 5.94. The monoisotopic (exact) mass is 327 g/mol. The van der Waals surface area contributed by atoms with E-state index in [0.29, 0.717) is 12.2 Å². The van der Waals surface area contributed by atoms with Gasteiger partial charge in [0, 0.05) is 37.9 Å². The zero-order valence-corrected chi connectivity index (χ0v) is 13.5. The molecule has 2 atom stereocenters. The Bertz CT molecular complexity index is 713. The molecule has 1 saturated heterocycles. The van der Waals surface area contributed by atoms with Crippen molar-refractivity contribution in [3.8, 4) is 0 Å². The average Bonchev–Trinajstić information content (AvgIpc) is 3.22. The van der Waals surface area contributed by atoms with Gasteiger partial charge in [-0.3, -0.25) is 14.3 Å². The van der Waals surface area contributed by atoms with Gasteiger partial charge in [-0.05, 0) is 17.7 Å². The van der Waals surface area contributed by atoms with E-state index in [1.54, 1.807) is 23.0 Å². The number of carbonyl (C=O) groups is 2. The van der Waals surface area contributed by atoms with E-state index in [-0.39, 0.29) is 30.2 Å². The van der Waals surface area contributed by atoms with Gasteiger partial charge in [-0.2, -0.15) is 5.10 Å². The maximum Gasteiger partial charge on any atom is 0.243 e. The number of aromatic nitrogens is 2. The van der Waals surface area contributed by atoms with E-state index >= 15 is 0 Å². The average molecular weight is 327 g/mol. The summed E-state index contributed by atoms with van der Waals surface area (Å²) in [6.45, 7) is 1.30. The number of carbonyl (C=O) groups excluding carboxylic acids is 2. The van der Waals surface area contributed by atoms with E-state index in [9.17, 15) is 9.59 Å². The molecule has 1 fully saturated rings. The number of hydrogen-bond donors (Lipinski definition) is 3. The number of nitrogens with one attached hydrogen (secondary N) is 3. The molecule has 0 aliphatic carbocycles. The molecule has 0 saturated carbocycles. The lowest BCUT2D eigenvalue weighted by Gasteiger charge is -2.17. The molecule has 0 spiro atoms. The summed E-state index contributed by atoms with van der Waals surface area (Å²) in [5.74, 6) is -0.467. The van der Waals surface area contributed by atoms with Crippen LogP contribution in [0.4, 0.5) is 5.69 Å². The molecule has 1 aromatic carbocycles. The van der Waals surface area contributed by atoms with Crippen molar-refractivity contribution in [2.45, 2.75) is 5.92 Å². The van der Waals surface area contributed by atoms with Gasteiger partial charge in [0.2, 0.25) is 11.8 Å². The number of anilines is 1. The molecule has 0 unspecified atom stereocenters. The molecule has 2 heterocycles. The first-order chi connectivity index (χ1) is 11.6. The Labute approximate surface area is 140 Å². The maximum atomic E-state index is 12.4. The van der Waals surface area contributed by atoms with E-state index in [2.05, 4.69) is 21.0 Å². The van der Waals surface area contributed by atoms with Crippen LogP contribution < -0.4 is 16.0 Å². The second-order valence-corrected chi connectivity index (χ2v) is 5.95. The minimum absolute atomic E-state index is 0.0377. The topological polar surface area (TPSA) is 88.0 Å². The smallest absolute Gasteiger partial charge is 0.243 e. The second kappa shape index (κ2) is 7.27.